The SMILES string of the molecule is CC(C)n1ccc(CNc2ccc(Br)cc2Cl)n1. The van der Waals surface area contributed by atoms with E-state index in [-0.39, 0.29) is 0 Å². The van der Waals surface area contributed by atoms with E-state index in [0.29, 0.717) is 17.6 Å². The Bertz CT molecular complexity index is 537. The van der Waals surface area contributed by atoms with Gasteiger partial charge in [-0.1, -0.05) is 27.5 Å². The number of halogens is 2. The van der Waals surface area contributed by atoms with Crippen LogP contribution in [0.1, 0.15) is 25.6 Å². The molecule has 3 nitrogen and oxygen atoms in total. The Morgan fingerprint density at radius 2 is 2.17 bits per heavy atom. The van der Waals surface area contributed by atoms with Gasteiger partial charge >= 0.3 is 0 Å². The summed E-state index contributed by atoms with van der Waals surface area (Å²) in [7, 11) is 0. The Kier molecular flexibility index (Phi) is 4.30. The lowest BCUT2D eigenvalue weighted by atomic mass is 10.3. The minimum absolute atomic E-state index is 0.384. The summed E-state index contributed by atoms with van der Waals surface area (Å²) in [4.78, 5) is 0. The molecular formula is C13H15BrClN3. The zero-order valence-electron chi connectivity index (χ0n) is 10.3. The van der Waals surface area contributed by atoms with E-state index in [2.05, 4.69) is 40.2 Å². The molecule has 0 aliphatic heterocycles. The number of anilines is 1. The molecule has 0 radical (unpaired) electrons. The van der Waals surface area contributed by atoms with Crippen LogP contribution in [-0.2, 0) is 6.54 Å². The van der Waals surface area contributed by atoms with Crippen LogP contribution < -0.4 is 5.32 Å². The van der Waals surface area contributed by atoms with Crippen LogP contribution in [0.25, 0.3) is 0 Å². The summed E-state index contributed by atoms with van der Waals surface area (Å²) in [6.45, 7) is 4.88. The quantitative estimate of drug-likeness (QED) is 0.896. The van der Waals surface area contributed by atoms with E-state index in [0.717, 1.165) is 15.9 Å². The summed E-state index contributed by atoms with van der Waals surface area (Å²) in [5.41, 5.74) is 1.92. The maximum absolute atomic E-state index is 6.13. The van der Waals surface area contributed by atoms with Gasteiger partial charge in [0.1, 0.15) is 0 Å². The van der Waals surface area contributed by atoms with Crippen LogP contribution in [0.5, 0.6) is 0 Å². The smallest absolute Gasteiger partial charge is 0.0815 e. The highest BCUT2D eigenvalue weighted by molar-refractivity contribution is 9.10. The molecule has 18 heavy (non-hydrogen) atoms. The Morgan fingerprint density at radius 1 is 1.39 bits per heavy atom. The van der Waals surface area contributed by atoms with Gasteiger partial charge in [-0.15, -0.1) is 0 Å². The van der Waals surface area contributed by atoms with Crippen LogP contribution in [0.2, 0.25) is 5.02 Å². The van der Waals surface area contributed by atoms with Crippen molar-refractivity contribution in [3.8, 4) is 0 Å². The fourth-order valence-corrected chi connectivity index (χ4v) is 2.32. The molecule has 5 heteroatoms. The van der Waals surface area contributed by atoms with Gasteiger partial charge in [0, 0.05) is 16.7 Å². The molecule has 0 aliphatic rings. The minimum Gasteiger partial charge on any atom is -0.378 e. The molecule has 0 unspecified atom stereocenters. The van der Waals surface area contributed by atoms with E-state index in [4.69, 9.17) is 11.6 Å². The Balaban J connectivity index is 2.02. The number of rotatable bonds is 4. The normalized spacial score (nSPS) is 10.9. The van der Waals surface area contributed by atoms with Crippen LogP contribution in [0.3, 0.4) is 0 Å². The molecule has 0 bridgehead atoms. The molecule has 0 fully saturated rings. The van der Waals surface area contributed by atoms with Gasteiger partial charge < -0.3 is 5.32 Å². The fourth-order valence-electron chi connectivity index (χ4n) is 1.58. The molecule has 2 rings (SSSR count). The Labute approximate surface area is 120 Å². The van der Waals surface area contributed by atoms with Gasteiger partial charge in [0.25, 0.3) is 0 Å². The first-order chi connectivity index (χ1) is 8.56. The van der Waals surface area contributed by atoms with Crippen molar-refractivity contribution < 1.29 is 0 Å². The van der Waals surface area contributed by atoms with Crippen molar-refractivity contribution in [2.24, 2.45) is 0 Å². The molecule has 2 aromatic rings. The molecule has 0 saturated carbocycles. The summed E-state index contributed by atoms with van der Waals surface area (Å²) in [6.07, 6.45) is 1.99. The Hall–Kier alpha value is -1.00. The first-order valence-corrected chi connectivity index (χ1v) is 6.96. The average Bonchev–Trinajstić information content (AvgIpc) is 2.76. The molecule has 0 aliphatic carbocycles. The standard InChI is InChI=1S/C13H15BrClN3/c1-9(2)18-6-5-11(17-18)8-16-13-4-3-10(14)7-12(13)15/h3-7,9,16H,8H2,1-2H3. The highest BCUT2D eigenvalue weighted by Crippen LogP contribution is 2.25. The maximum Gasteiger partial charge on any atom is 0.0815 e. The van der Waals surface area contributed by atoms with Crippen LogP contribution in [0.15, 0.2) is 34.9 Å². The molecule has 0 saturated heterocycles. The van der Waals surface area contributed by atoms with Crippen molar-refractivity contribution >= 4 is 33.2 Å². The molecule has 0 amide bonds. The van der Waals surface area contributed by atoms with Gasteiger partial charge in [-0.25, -0.2) is 0 Å². The molecule has 96 valence electrons. The van der Waals surface area contributed by atoms with Crippen LogP contribution >= 0.6 is 27.5 Å². The second kappa shape index (κ2) is 5.76. The van der Waals surface area contributed by atoms with Crippen molar-refractivity contribution in [3.05, 3.63) is 45.7 Å². The van der Waals surface area contributed by atoms with Gasteiger partial charge in [-0.05, 0) is 38.1 Å². The first kappa shape index (κ1) is 13.4. The number of nitrogens with one attached hydrogen (secondary N) is 1. The Morgan fingerprint density at radius 3 is 2.78 bits per heavy atom. The number of hydrogen-bond acceptors (Lipinski definition) is 2. The minimum atomic E-state index is 0.384. The lowest BCUT2D eigenvalue weighted by Gasteiger charge is -2.07. The summed E-state index contributed by atoms with van der Waals surface area (Å²) in [5.74, 6) is 0. The van der Waals surface area contributed by atoms with Gasteiger partial charge in [0.15, 0.2) is 0 Å². The van der Waals surface area contributed by atoms with E-state index in [9.17, 15) is 0 Å². The van der Waals surface area contributed by atoms with E-state index in [1.807, 2.05) is 35.1 Å². The van der Waals surface area contributed by atoms with Crippen molar-refractivity contribution in [2.45, 2.75) is 26.4 Å². The molecule has 1 aromatic heterocycles. The molecule has 0 spiro atoms. The van der Waals surface area contributed by atoms with Crippen molar-refractivity contribution in [2.75, 3.05) is 5.32 Å². The number of hydrogen-bond donors (Lipinski definition) is 1. The third-order valence-corrected chi connectivity index (χ3v) is 3.39. The second-order valence-electron chi connectivity index (χ2n) is 4.36. The number of nitrogens with zero attached hydrogens (tertiary/aromatic N) is 2. The van der Waals surface area contributed by atoms with Crippen molar-refractivity contribution in [3.63, 3.8) is 0 Å². The van der Waals surface area contributed by atoms with Gasteiger partial charge in [0.05, 0.1) is 22.9 Å². The monoisotopic (exact) mass is 327 g/mol. The van der Waals surface area contributed by atoms with Crippen molar-refractivity contribution in [1.29, 1.82) is 0 Å². The number of aromatic nitrogens is 2. The number of benzene rings is 1. The van der Waals surface area contributed by atoms with E-state index >= 15 is 0 Å². The summed E-state index contributed by atoms with van der Waals surface area (Å²) >= 11 is 9.52. The largest absolute Gasteiger partial charge is 0.378 e. The summed E-state index contributed by atoms with van der Waals surface area (Å²) < 4.78 is 2.92. The fraction of sp³-hybridized carbons (Fsp3) is 0.308. The van der Waals surface area contributed by atoms with Crippen molar-refractivity contribution in [1.82, 2.24) is 9.78 Å². The second-order valence-corrected chi connectivity index (χ2v) is 5.68. The predicted octanol–water partition coefficient (Wildman–Crippen LogP) is 4.49. The van der Waals surface area contributed by atoms with E-state index in [1.54, 1.807) is 0 Å². The lowest BCUT2D eigenvalue weighted by molar-refractivity contribution is 0.527. The zero-order valence-corrected chi connectivity index (χ0v) is 12.7. The van der Waals surface area contributed by atoms with Crippen LogP contribution in [-0.4, -0.2) is 9.78 Å². The summed E-state index contributed by atoms with van der Waals surface area (Å²) in [6, 6.07) is 8.18. The van der Waals surface area contributed by atoms with Crippen LogP contribution in [0.4, 0.5) is 5.69 Å². The highest BCUT2D eigenvalue weighted by atomic mass is 79.9. The lowest BCUT2D eigenvalue weighted by Crippen LogP contribution is -2.04. The van der Waals surface area contributed by atoms with Gasteiger partial charge in [-0.2, -0.15) is 5.10 Å². The maximum atomic E-state index is 6.13. The molecule has 1 heterocycles. The van der Waals surface area contributed by atoms with E-state index in [1.165, 1.54) is 0 Å². The van der Waals surface area contributed by atoms with Crippen LogP contribution in [0, 0.1) is 0 Å². The summed E-state index contributed by atoms with van der Waals surface area (Å²) in [5, 5.41) is 8.46. The highest BCUT2D eigenvalue weighted by Gasteiger charge is 2.04. The molecular weight excluding hydrogens is 314 g/mol. The van der Waals surface area contributed by atoms with E-state index < -0.39 is 0 Å². The third kappa shape index (κ3) is 3.27. The topological polar surface area (TPSA) is 29.9 Å². The molecule has 0 atom stereocenters. The predicted molar refractivity (Wildman–Crippen MR) is 79.1 cm³/mol. The third-order valence-electron chi connectivity index (χ3n) is 2.58. The average molecular weight is 329 g/mol. The first-order valence-electron chi connectivity index (χ1n) is 5.79. The molecule has 1 aromatic carbocycles. The zero-order chi connectivity index (χ0) is 13.1. The molecule has 1 N–H and O–H groups in total. The van der Waals surface area contributed by atoms with Gasteiger partial charge in [0.2, 0.25) is 0 Å². The van der Waals surface area contributed by atoms with Gasteiger partial charge in [-0.3, -0.25) is 4.68 Å².